The summed E-state index contributed by atoms with van der Waals surface area (Å²) in [4.78, 5) is 32.5. The van der Waals surface area contributed by atoms with Gasteiger partial charge in [-0.1, -0.05) is 57.2 Å². The van der Waals surface area contributed by atoms with Crippen LogP contribution in [-0.4, -0.2) is 47.9 Å². The number of nitrogens with zero attached hydrogens (tertiary/aromatic N) is 2. The van der Waals surface area contributed by atoms with E-state index in [1.807, 2.05) is 17.0 Å². The number of fused-ring (bicyclic) bond motifs is 1. The van der Waals surface area contributed by atoms with E-state index in [0.717, 1.165) is 24.8 Å². The summed E-state index contributed by atoms with van der Waals surface area (Å²) in [7, 11) is 1.57. The van der Waals surface area contributed by atoms with Gasteiger partial charge >= 0.3 is 0 Å². The Morgan fingerprint density at radius 3 is 2.44 bits per heavy atom. The highest BCUT2D eigenvalue weighted by Crippen LogP contribution is 2.39. The number of para-hydroxylation sites is 1. The number of methoxy groups -OCH3 is 1. The summed E-state index contributed by atoms with van der Waals surface area (Å²) in [5.41, 5.74) is 4.17. The maximum absolute atomic E-state index is 13.9. The molecule has 1 aromatic heterocycles. The van der Waals surface area contributed by atoms with E-state index in [9.17, 15) is 9.59 Å². The summed E-state index contributed by atoms with van der Waals surface area (Å²) in [6.45, 7) is 7.36. The van der Waals surface area contributed by atoms with E-state index in [1.165, 1.54) is 16.0 Å². The molecule has 1 atom stereocenters. The molecule has 2 aliphatic rings. The highest BCUT2D eigenvalue weighted by atomic mass is 32.1. The van der Waals surface area contributed by atoms with Crippen molar-refractivity contribution in [3.05, 3.63) is 87.1 Å². The minimum absolute atomic E-state index is 0.00750. The van der Waals surface area contributed by atoms with Crippen molar-refractivity contribution in [2.45, 2.75) is 57.5 Å². The summed E-state index contributed by atoms with van der Waals surface area (Å²) >= 11 is 1.76. The van der Waals surface area contributed by atoms with Crippen molar-refractivity contribution in [1.82, 2.24) is 9.80 Å². The number of benzene rings is 2. The lowest BCUT2D eigenvalue weighted by molar-refractivity contribution is -0.134. The number of carbonyl (C=O) groups is 2. The molecule has 1 unspecified atom stereocenters. The summed E-state index contributed by atoms with van der Waals surface area (Å²) in [6.07, 6.45) is 2.71. The lowest BCUT2D eigenvalue weighted by Crippen LogP contribution is -2.47. The van der Waals surface area contributed by atoms with E-state index in [-0.39, 0.29) is 35.9 Å². The number of carbonyl (C=O) groups excluding carboxylic acids is 2. The van der Waals surface area contributed by atoms with Crippen LogP contribution < -0.4 is 4.74 Å². The molecule has 0 spiro atoms. The Labute approximate surface area is 217 Å². The second-order valence-corrected chi connectivity index (χ2v) is 11.8. The molecule has 1 aliphatic carbocycles. The zero-order chi connectivity index (χ0) is 25.4. The first-order chi connectivity index (χ1) is 17.3. The Balaban J connectivity index is 1.43. The van der Waals surface area contributed by atoms with E-state index < -0.39 is 0 Å². The number of amides is 2. The average molecular weight is 503 g/mol. The maximum atomic E-state index is 13.9. The minimum Gasteiger partial charge on any atom is -0.496 e. The van der Waals surface area contributed by atoms with Crippen LogP contribution in [0.15, 0.2) is 60.0 Å². The molecular formula is C30H34N2O3S. The van der Waals surface area contributed by atoms with Crippen molar-refractivity contribution >= 4 is 23.2 Å². The summed E-state index contributed by atoms with van der Waals surface area (Å²) < 4.78 is 5.43. The van der Waals surface area contributed by atoms with Crippen LogP contribution in [0, 0.1) is 0 Å². The highest BCUT2D eigenvalue weighted by molar-refractivity contribution is 7.10. The Hall–Kier alpha value is -3.12. The van der Waals surface area contributed by atoms with Gasteiger partial charge in [-0.3, -0.25) is 9.59 Å². The third kappa shape index (κ3) is 4.79. The topological polar surface area (TPSA) is 49.9 Å². The lowest BCUT2D eigenvalue weighted by atomic mass is 9.85. The zero-order valence-corrected chi connectivity index (χ0v) is 22.3. The number of thiophene rings is 1. The number of hydrogen-bond donors (Lipinski definition) is 0. The predicted molar refractivity (Wildman–Crippen MR) is 144 cm³/mol. The van der Waals surface area contributed by atoms with Gasteiger partial charge in [-0.05, 0) is 64.9 Å². The largest absolute Gasteiger partial charge is 0.496 e. The summed E-state index contributed by atoms with van der Waals surface area (Å²) in [6, 6.07) is 18.1. The fraction of sp³-hybridized carbons (Fsp3) is 0.400. The van der Waals surface area contributed by atoms with Crippen LogP contribution in [-0.2, 0) is 16.6 Å². The summed E-state index contributed by atoms with van der Waals surface area (Å²) in [5.74, 6) is 0.396. The van der Waals surface area contributed by atoms with Gasteiger partial charge in [0.25, 0.3) is 5.91 Å². The Bertz CT molecular complexity index is 1250. The first kappa shape index (κ1) is 24.6. The first-order valence-electron chi connectivity index (χ1n) is 12.7. The van der Waals surface area contributed by atoms with Crippen molar-refractivity contribution in [3.63, 3.8) is 0 Å². The van der Waals surface area contributed by atoms with Gasteiger partial charge in [0, 0.05) is 17.5 Å². The predicted octanol–water partition coefficient (Wildman–Crippen LogP) is 5.83. The van der Waals surface area contributed by atoms with Gasteiger partial charge in [0.2, 0.25) is 5.91 Å². The SMILES string of the molecule is COc1ccccc1C(=O)N(CC(=O)N1CCc2sccc2C1c1ccc(C(C)(C)C)cc1)C1CC1. The monoisotopic (exact) mass is 502 g/mol. The third-order valence-electron chi connectivity index (χ3n) is 7.27. The maximum Gasteiger partial charge on any atom is 0.258 e. The average Bonchev–Trinajstić information content (AvgIpc) is 3.61. The molecule has 1 fully saturated rings. The van der Waals surface area contributed by atoms with Crippen LogP contribution in [0.2, 0.25) is 0 Å². The van der Waals surface area contributed by atoms with E-state index >= 15 is 0 Å². The smallest absolute Gasteiger partial charge is 0.258 e. The molecule has 2 amide bonds. The van der Waals surface area contributed by atoms with Crippen LogP contribution in [0.25, 0.3) is 0 Å². The molecule has 2 aromatic carbocycles. The van der Waals surface area contributed by atoms with Crippen molar-refractivity contribution in [3.8, 4) is 5.75 Å². The van der Waals surface area contributed by atoms with Crippen LogP contribution in [0.4, 0.5) is 0 Å². The van der Waals surface area contributed by atoms with Crippen molar-refractivity contribution in [2.24, 2.45) is 0 Å². The van der Waals surface area contributed by atoms with Crippen LogP contribution in [0.5, 0.6) is 5.75 Å². The Morgan fingerprint density at radius 1 is 1.06 bits per heavy atom. The van der Waals surface area contributed by atoms with Crippen LogP contribution in [0.3, 0.4) is 0 Å². The van der Waals surface area contributed by atoms with Gasteiger partial charge in [-0.2, -0.15) is 0 Å². The molecule has 1 aliphatic heterocycles. The molecule has 2 heterocycles. The molecule has 5 nitrogen and oxygen atoms in total. The first-order valence-corrected chi connectivity index (χ1v) is 13.6. The normalized spacial score (nSPS) is 17.4. The van der Waals surface area contributed by atoms with E-state index in [4.69, 9.17) is 4.74 Å². The van der Waals surface area contributed by atoms with E-state index in [0.29, 0.717) is 17.9 Å². The van der Waals surface area contributed by atoms with Gasteiger partial charge in [0.05, 0.1) is 18.7 Å². The molecule has 0 radical (unpaired) electrons. The van der Waals surface area contributed by atoms with Gasteiger partial charge in [-0.25, -0.2) is 0 Å². The number of hydrogen-bond acceptors (Lipinski definition) is 4. The zero-order valence-electron chi connectivity index (χ0n) is 21.5. The Morgan fingerprint density at radius 2 is 1.78 bits per heavy atom. The minimum atomic E-state index is -0.136. The fourth-order valence-electron chi connectivity index (χ4n) is 5.08. The summed E-state index contributed by atoms with van der Waals surface area (Å²) in [5, 5.41) is 2.12. The molecular weight excluding hydrogens is 468 g/mol. The standard InChI is InChI=1S/C30H34N2O3S/c1-30(2,3)21-11-9-20(10-12-21)28-24-16-18-36-26(24)15-17-31(28)27(33)19-32(22-13-14-22)29(34)23-7-5-6-8-25(23)35-4/h5-12,16,18,22,28H,13-15,17,19H2,1-4H3. The van der Waals surface area contributed by atoms with Crippen molar-refractivity contribution in [1.29, 1.82) is 0 Å². The lowest BCUT2D eigenvalue weighted by Gasteiger charge is -2.38. The highest BCUT2D eigenvalue weighted by Gasteiger charge is 2.39. The third-order valence-corrected chi connectivity index (χ3v) is 8.27. The van der Waals surface area contributed by atoms with Gasteiger partial charge < -0.3 is 14.5 Å². The molecule has 6 heteroatoms. The molecule has 0 N–H and O–H groups in total. The molecule has 5 rings (SSSR count). The van der Waals surface area contributed by atoms with Crippen LogP contribution >= 0.6 is 11.3 Å². The van der Waals surface area contributed by atoms with E-state index in [1.54, 1.807) is 35.5 Å². The van der Waals surface area contributed by atoms with Gasteiger partial charge in [-0.15, -0.1) is 11.3 Å². The van der Waals surface area contributed by atoms with E-state index in [2.05, 4.69) is 56.5 Å². The fourth-order valence-corrected chi connectivity index (χ4v) is 5.98. The number of ether oxygens (including phenoxy) is 1. The van der Waals surface area contributed by atoms with Gasteiger partial charge in [0.15, 0.2) is 0 Å². The molecule has 188 valence electrons. The molecule has 0 bridgehead atoms. The van der Waals surface area contributed by atoms with Gasteiger partial charge in [0.1, 0.15) is 12.3 Å². The second-order valence-electron chi connectivity index (χ2n) is 10.8. The molecule has 0 saturated heterocycles. The van der Waals surface area contributed by atoms with Crippen molar-refractivity contribution < 1.29 is 14.3 Å². The van der Waals surface area contributed by atoms with Crippen LogP contribution in [0.1, 0.15) is 71.6 Å². The Kier molecular flexibility index (Phi) is 6.64. The van der Waals surface area contributed by atoms with Crippen molar-refractivity contribution in [2.75, 3.05) is 20.2 Å². The number of rotatable bonds is 6. The molecule has 3 aromatic rings. The molecule has 36 heavy (non-hydrogen) atoms. The second kappa shape index (κ2) is 9.74. The molecule has 1 saturated carbocycles. The quantitative estimate of drug-likeness (QED) is 0.426.